The summed E-state index contributed by atoms with van der Waals surface area (Å²) in [7, 11) is 0. The molecule has 2 unspecified atom stereocenters. The predicted molar refractivity (Wildman–Crippen MR) is 97.2 cm³/mol. The van der Waals surface area contributed by atoms with Gasteiger partial charge in [-0.15, -0.1) is 0 Å². The Hall–Kier alpha value is -3.27. The third-order valence-corrected chi connectivity index (χ3v) is 4.91. The highest BCUT2D eigenvalue weighted by Crippen LogP contribution is 2.35. The lowest BCUT2D eigenvalue weighted by atomic mass is 10.00. The maximum absolute atomic E-state index is 12.8. The largest absolute Gasteiger partial charge is 0.433 e. The summed E-state index contributed by atoms with van der Waals surface area (Å²) in [4.78, 5) is 14.3. The van der Waals surface area contributed by atoms with Crippen molar-refractivity contribution in [3.63, 3.8) is 0 Å². The van der Waals surface area contributed by atoms with E-state index >= 15 is 0 Å². The third-order valence-electron chi connectivity index (χ3n) is 4.91. The first-order valence-electron chi connectivity index (χ1n) is 8.86. The maximum Gasteiger partial charge on any atom is 0.387 e. The van der Waals surface area contributed by atoms with Crippen molar-refractivity contribution < 1.29 is 13.5 Å². The molecule has 0 bridgehead atoms. The molecule has 28 heavy (non-hydrogen) atoms. The van der Waals surface area contributed by atoms with E-state index in [0.29, 0.717) is 11.2 Å². The molecule has 0 aromatic carbocycles. The van der Waals surface area contributed by atoms with Gasteiger partial charge in [-0.1, -0.05) is 0 Å². The summed E-state index contributed by atoms with van der Waals surface area (Å²) in [6.07, 6.45) is 9.32. The number of aromatic amines is 1. The van der Waals surface area contributed by atoms with Crippen LogP contribution in [0.2, 0.25) is 0 Å². The fraction of sp³-hybridized carbons (Fsp3) is 0.278. The van der Waals surface area contributed by atoms with Gasteiger partial charge in [0.25, 0.3) is 0 Å². The number of hydrogen-bond donors (Lipinski definition) is 2. The van der Waals surface area contributed by atoms with Gasteiger partial charge in [0.1, 0.15) is 11.6 Å². The summed E-state index contributed by atoms with van der Waals surface area (Å²) in [6, 6.07) is 4.61. The van der Waals surface area contributed by atoms with Crippen molar-refractivity contribution in [3.8, 4) is 5.75 Å². The van der Waals surface area contributed by atoms with Gasteiger partial charge in [-0.2, -0.15) is 13.9 Å². The van der Waals surface area contributed by atoms with E-state index in [1.807, 2.05) is 12.3 Å². The van der Waals surface area contributed by atoms with Gasteiger partial charge in [0.05, 0.1) is 17.7 Å². The Morgan fingerprint density at radius 3 is 3.07 bits per heavy atom. The van der Waals surface area contributed by atoms with Crippen molar-refractivity contribution in [3.05, 3.63) is 60.1 Å². The highest BCUT2D eigenvalue weighted by atomic mass is 19.3. The summed E-state index contributed by atoms with van der Waals surface area (Å²) in [5, 5.41) is 7.86. The number of alkyl halides is 2. The molecular weight excluding hydrogens is 368 g/mol. The Balaban J connectivity index is 1.60. The Morgan fingerprint density at radius 1 is 1.32 bits per heavy atom. The van der Waals surface area contributed by atoms with Crippen molar-refractivity contribution >= 4 is 11.7 Å². The number of H-pyrrole nitrogens is 1. The zero-order valence-corrected chi connectivity index (χ0v) is 14.7. The molecular formula is C18H17F2N7O. The fourth-order valence-corrected chi connectivity index (χ4v) is 3.75. The zero-order valence-electron chi connectivity index (χ0n) is 14.7. The van der Waals surface area contributed by atoms with Crippen LogP contribution >= 0.6 is 0 Å². The second-order valence-electron chi connectivity index (χ2n) is 6.50. The number of allylic oxidation sites excluding steroid dienone is 1. The second-order valence-corrected chi connectivity index (χ2v) is 6.50. The average Bonchev–Trinajstić information content (AvgIpc) is 3.34. The molecule has 0 fully saturated rings. The van der Waals surface area contributed by atoms with Gasteiger partial charge in [0, 0.05) is 37.3 Å². The molecule has 8 nitrogen and oxygen atoms in total. The van der Waals surface area contributed by atoms with E-state index in [2.05, 4.69) is 35.0 Å². The number of imidazole rings is 1. The molecule has 0 aliphatic carbocycles. The number of hydrogen-bond acceptors (Lipinski definition) is 6. The molecule has 10 heteroatoms. The van der Waals surface area contributed by atoms with E-state index in [9.17, 15) is 8.78 Å². The summed E-state index contributed by atoms with van der Waals surface area (Å²) < 4.78 is 31.7. The van der Waals surface area contributed by atoms with Gasteiger partial charge in [0.15, 0.2) is 12.0 Å². The van der Waals surface area contributed by atoms with Crippen molar-refractivity contribution in [2.24, 2.45) is 4.99 Å². The van der Waals surface area contributed by atoms with E-state index < -0.39 is 6.61 Å². The molecule has 0 amide bonds. The molecule has 0 radical (unpaired) electrons. The van der Waals surface area contributed by atoms with Crippen LogP contribution in [-0.2, 0) is 6.42 Å². The lowest BCUT2D eigenvalue weighted by Crippen LogP contribution is -2.48. The second kappa shape index (κ2) is 6.71. The molecule has 2 atom stereocenters. The summed E-state index contributed by atoms with van der Waals surface area (Å²) in [5.41, 5.74) is 3.06. The number of rotatable bonds is 4. The van der Waals surface area contributed by atoms with Crippen LogP contribution in [-0.4, -0.2) is 50.1 Å². The molecule has 3 aromatic heterocycles. The molecule has 3 aromatic rings. The van der Waals surface area contributed by atoms with E-state index in [1.165, 1.54) is 6.07 Å². The minimum absolute atomic E-state index is 0.0811. The molecule has 2 aliphatic rings. The molecule has 2 aliphatic heterocycles. The number of aromatic nitrogens is 4. The van der Waals surface area contributed by atoms with E-state index in [1.54, 1.807) is 35.4 Å². The van der Waals surface area contributed by atoms with Crippen molar-refractivity contribution in [2.45, 2.75) is 25.4 Å². The van der Waals surface area contributed by atoms with Crippen LogP contribution in [0, 0.1) is 0 Å². The van der Waals surface area contributed by atoms with Crippen molar-refractivity contribution in [1.82, 2.24) is 29.8 Å². The molecule has 144 valence electrons. The van der Waals surface area contributed by atoms with E-state index in [4.69, 9.17) is 0 Å². The van der Waals surface area contributed by atoms with Crippen LogP contribution < -0.4 is 10.1 Å². The Labute approximate surface area is 158 Å². The smallest absolute Gasteiger partial charge is 0.387 e. The SMILES string of the molecule is FC(F)Oc1cccn2nc(C3c4nc[nH]c4CCN3C3N=CC=CN3)cc12. The van der Waals surface area contributed by atoms with Crippen LogP contribution in [0.25, 0.3) is 5.52 Å². The van der Waals surface area contributed by atoms with E-state index in [-0.39, 0.29) is 18.1 Å². The topological polar surface area (TPSA) is 82.8 Å². The minimum atomic E-state index is -2.90. The van der Waals surface area contributed by atoms with E-state index in [0.717, 1.165) is 24.4 Å². The monoisotopic (exact) mass is 385 g/mol. The summed E-state index contributed by atoms with van der Waals surface area (Å²) >= 11 is 0. The molecule has 0 spiro atoms. The number of nitrogens with zero attached hydrogens (tertiary/aromatic N) is 5. The van der Waals surface area contributed by atoms with Crippen LogP contribution in [0.15, 0.2) is 48.0 Å². The normalized spacial score (nSPS) is 21.8. The minimum Gasteiger partial charge on any atom is -0.433 e. The van der Waals surface area contributed by atoms with Gasteiger partial charge in [0.2, 0.25) is 0 Å². The van der Waals surface area contributed by atoms with Gasteiger partial charge in [-0.3, -0.25) is 9.89 Å². The van der Waals surface area contributed by atoms with Crippen LogP contribution in [0.3, 0.4) is 0 Å². The Kier molecular flexibility index (Phi) is 4.05. The first-order valence-corrected chi connectivity index (χ1v) is 8.86. The molecule has 2 N–H and O–H groups in total. The van der Waals surface area contributed by atoms with Crippen LogP contribution in [0.1, 0.15) is 23.1 Å². The number of fused-ring (bicyclic) bond motifs is 2. The lowest BCUT2D eigenvalue weighted by Gasteiger charge is -2.38. The fourth-order valence-electron chi connectivity index (χ4n) is 3.75. The standard InChI is InChI=1S/C18H17F2N7O/c19-17(20)28-14-3-1-7-27-13(14)9-12(25-27)16-15-11(23-10-24-15)4-8-26(16)18-21-5-2-6-22-18/h1-3,5-7,9-10,16-18,21H,4,8H2,(H,23,24). The number of ether oxygens (including phenoxy) is 1. The first kappa shape index (κ1) is 16.9. The number of aliphatic imine (C=N–C) groups is 1. The van der Waals surface area contributed by atoms with Crippen molar-refractivity contribution in [2.75, 3.05) is 6.54 Å². The third kappa shape index (κ3) is 2.82. The molecule has 0 saturated heterocycles. The summed E-state index contributed by atoms with van der Waals surface area (Å²) in [5.74, 6) is 0.0811. The first-order chi connectivity index (χ1) is 13.7. The van der Waals surface area contributed by atoms with Gasteiger partial charge >= 0.3 is 6.61 Å². The highest BCUT2D eigenvalue weighted by molar-refractivity contribution is 5.71. The number of nitrogens with one attached hydrogen (secondary N) is 2. The van der Waals surface area contributed by atoms with Crippen LogP contribution in [0.4, 0.5) is 8.78 Å². The summed E-state index contributed by atoms with van der Waals surface area (Å²) in [6.45, 7) is -2.17. The molecule has 0 saturated carbocycles. The quantitative estimate of drug-likeness (QED) is 0.719. The lowest BCUT2D eigenvalue weighted by molar-refractivity contribution is -0.0490. The zero-order chi connectivity index (χ0) is 19.1. The van der Waals surface area contributed by atoms with Crippen LogP contribution in [0.5, 0.6) is 5.75 Å². The van der Waals surface area contributed by atoms with Gasteiger partial charge in [-0.05, 0) is 24.3 Å². The predicted octanol–water partition coefficient (Wildman–Crippen LogP) is 2.08. The average molecular weight is 385 g/mol. The Morgan fingerprint density at radius 2 is 2.25 bits per heavy atom. The van der Waals surface area contributed by atoms with Gasteiger partial charge in [-0.25, -0.2) is 9.50 Å². The Bertz CT molecular complexity index is 1060. The highest BCUT2D eigenvalue weighted by Gasteiger charge is 2.37. The van der Waals surface area contributed by atoms with Crippen molar-refractivity contribution in [1.29, 1.82) is 0 Å². The maximum atomic E-state index is 12.8. The number of pyridine rings is 1. The van der Waals surface area contributed by atoms with Gasteiger partial charge < -0.3 is 15.0 Å². The molecule has 5 rings (SSSR count). The molecule has 5 heterocycles. The number of halogens is 2.